The second-order valence-electron chi connectivity index (χ2n) is 1.07. The van der Waals surface area contributed by atoms with Gasteiger partial charge in [-0.1, -0.05) is 6.92 Å². The lowest BCUT2D eigenvalue weighted by Crippen LogP contribution is -1.93. The van der Waals surface area contributed by atoms with Crippen molar-refractivity contribution in [1.29, 1.82) is 0 Å². The lowest BCUT2D eigenvalue weighted by Gasteiger charge is -1.70. The Morgan fingerprint density at radius 1 is 1.62 bits per heavy atom. The van der Waals surface area contributed by atoms with Crippen LogP contribution in [-0.2, 0) is 0 Å². The minimum Gasteiger partial charge on any atom is -0.450 e. The molecular formula is C4H11NO3. The highest BCUT2D eigenvalue weighted by atomic mass is 16.6. The molecule has 8 heavy (non-hydrogen) atoms. The lowest BCUT2D eigenvalue weighted by molar-refractivity contribution is 0.137. The molecule has 0 saturated carbocycles. The zero-order valence-electron chi connectivity index (χ0n) is 4.79. The fraction of sp³-hybridized carbons (Fsp3) is 0.750. The fourth-order valence-corrected chi connectivity index (χ4v) is 0. The predicted octanol–water partition coefficient (Wildman–Crippen LogP) is 0.578. The molecule has 0 spiro atoms. The maximum absolute atomic E-state index is 8.56. The van der Waals surface area contributed by atoms with Crippen LogP contribution in [0.25, 0.3) is 0 Å². The van der Waals surface area contributed by atoms with Crippen molar-refractivity contribution in [3.8, 4) is 0 Å². The van der Waals surface area contributed by atoms with Crippen LogP contribution in [0.4, 0.5) is 4.79 Å². The Balaban J connectivity index is 0. The summed E-state index contributed by atoms with van der Waals surface area (Å²) in [7, 11) is 0. The molecule has 0 saturated heterocycles. The zero-order chi connectivity index (χ0) is 6.99. The van der Waals surface area contributed by atoms with Gasteiger partial charge in [-0.15, -0.1) is 0 Å². The molecule has 4 nitrogen and oxygen atoms in total. The Bertz CT molecular complexity index is 49.2. The smallest absolute Gasteiger partial charge is 0.450 e. The molecule has 0 amide bonds. The summed E-state index contributed by atoms with van der Waals surface area (Å²) in [4.78, 5) is 8.56. The minimum atomic E-state index is -1.83. The first-order valence-electron chi connectivity index (χ1n) is 2.27. The summed E-state index contributed by atoms with van der Waals surface area (Å²) in [5, 5.41) is 13.9. The summed E-state index contributed by atoms with van der Waals surface area (Å²) >= 11 is 0. The fourth-order valence-electron chi connectivity index (χ4n) is 0. The van der Waals surface area contributed by atoms with Crippen LogP contribution in [0.2, 0.25) is 0 Å². The summed E-state index contributed by atoms with van der Waals surface area (Å²) < 4.78 is 0. The number of rotatable bonds is 1. The first-order chi connectivity index (χ1) is 3.65. The van der Waals surface area contributed by atoms with Crippen molar-refractivity contribution < 1.29 is 15.0 Å². The average Bonchev–Trinajstić information content (AvgIpc) is 1.65. The minimum absolute atomic E-state index is 0.819. The molecule has 50 valence electrons. The largest absolute Gasteiger partial charge is 0.503 e. The van der Waals surface area contributed by atoms with Gasteiger partial charge in [0.1, 0.15) is 0 Å². The highest BCUT2D eigenvalue weighted by Gasteiger charge is 1.70. The lowest BCUT2D eigenvalue weighted by atomic mass is 10.5. The predicted molar refractivity (Wildman–Crippen MR) is 30.0 cm³/mol. The molecular weight excluding hydrogens is 110 g/mol. The van der Waals surface area contributed by atoms with Gasteiger partial charge in [-0.3, -0.25) is 0 Å². The van der Waals surface area contributed by atoms with Crippen LogP contribution in [0.5, 0.6) is 0 Å². The molecule has 0 radical (unpaired) electrons. The highest BCUT2D eigenvalue weighted by Crippen LogP contribution is 1.57. The molecule has 0 aromatic heterocycles. The quantitative estimate of drug-likeness (QED) is 0.473. The molecule has 0 fully saturated rings. The standard InChI is InChI=1S/C3H9N.CH2O3/c1-2-3-4;2-1(3)4/h2-4H2,1H3;(H2,2,3,4). The van der Waals surface area contributed by atoms with E-state index < -0.39 is 6.16 Å². The molecule has 0 bridgehead atoms. The summed E-state index contributed by atoms with van der Waals surface area (Å²) in [5.74, 6) is 0. The molecule has 0 aliphatic heterocycles. The van der Waals surface area contributed by atoms with Crippen molar-refractivity contribution in [3.05, 3.63) is 0 Å². The van der Waals surface area contributed by atoms with E-state index in [1.807, 2.05) is 0 Å². The molecule has 0 aromatic carbocycles. The van der Waals surface area contributed by atoms with E-state index in [-0.39, 0.29) is 0 Å². The van der Waals surface area contributed by atoms with Crippen molar-refractivity contribution in [2.24, 2.45) is 5.73 Å². The third-order valence-corrected chi connectivity index (χ3v) is 0.289. The second kappa shape index (κ2) is 9.52. The van der Waals surface area contributed by atoms with Gasteiger partial charge in [0.2, 0.25) is 0 Å². The van der Waals surface area contributed by atoms with Gasteiger partial charge in [0.15, 0.2) is 0 Å². The van der Waals surface area contributed by atoms with E-state index in [0.717, 1.165) is 13.0 Å². The maximum Gasteiger partial charge on any atom is 0.503 e. The van der Waals surface area contributed by atoms with Crippen LogP contribution in [0.1, 0.15) is 13.3 Å². The van der Waals surface area contributed by atoms with Crippen molar-refractivity contribution in [2.75, 3.05) is 6.54 Å². The molecule has 0 aliphatic carbocycles. The van der Waals surface area contributed by atoms with Gasteiger partial charge in [0.25, 0.3) is 0 Å². The molecule has 4 N–H and O–H groups in total. The summed E-state index contributed by atoms with van der Waals surface area (Å²) in [6.45, 7) is 2.88. The van der Waals surface area contributed by atoms with Crippen molar-refractivity contribution in [3.63, 3.8) is 0 Å². The van der Waals surface area contributed by atoms with Gasteiger partial charge >= 0.3 is 6.16 Å². The first-order valence-corrected chi connectivity index (χ1v) is 2.27. The molecule has 0 aromatic rings. The second-order valence-corrected chi connectivity index (χ2v) is 1.07. The van der Waals surface area contributed by atoms with Crippen molar-refractivity contribution >= 4 is 6.16 Å². The Kier molecular flexibility index (Phi) is 12.2. The topological polar surface area (TPSA) is 83.6 Å². The molecule has 0 heterocycles. The van der Waals surface area contributed by atoms with E-state index in [9.17, 15) is 0 Å². The zero-order valence-corrected chi connectivity index (χ0v) is 4.79. The summed E-state index contributed by atoms with van der Waals surface area (Å²) in [6.07, 6.45) is -0.736. The monoisotopic (exact) mass is 121 g/mol. The van der Waals surface area contributed by atoms with Gasteiger partial charge in [-0.05, 0) is 13.0 Å². The molecule has 0 rings (SSSR count). The average molecular weight is 121 g/mol. The number of carboxylic acid groups (broad SMARTS) is 2. The van der Waals surface area contributed by atoms with E-state index in [0.29, 0.717) is 0 Å². The van der Waals surface area contributed by atoms with E-state index in [2.05, 4.69) is 6.92 Å². The van der Waals surface area contributed by atoms with Gasteiger partial charge in [-0.2, -0.15) is 0 Å². The van der Waals surface area contributed by atoms with Crippen LogP contribution < -0.4 is 5.73 Å². The maximum atomic E-state index is 8.56. The van der Waals surface area contributed by atoms with Crippen LogP contribution in [-0.4, -0.2) is 22.9 Å². The Morgan fingerprint density at radius 3 is 1.75 bits per heavy atom. The molecule has 0 aliphatic rings. The van der Waals surface area contributed by atoms with E-state index in [4.69, 9.17) is 20.7 Å². The van der Waals surface area contributed by atoms with E-state index in [1.165, 1.54) is 0 Å². The first kappa shape index (κ1) is 10.3. The summed E-state index contributed by atoms with van der Waals surface area (Å²) in [6, 6.07) is 0. The third-order valence-electron chi connectivity index (χ3n) is 0.289. The third kappa shape index (κ3) is 1770. The normalized spacial score (nSPS) is 6.75. The van der Waals surface area contributed by atoms with Gasteiger partial charge in [0, 0.05) is 0 Å². The van der Waals surface area contributed by atoms with Crippen LogP contribution >= 0.6 is 0 Å². The number of hydrogen-bond donors (Lipinski definition) is 3. The van der Waals surface area contributed by atoms with Crippen LogP contribution in [0.3, 0.4) is 0 Å². The molecule has 0 atom stereocenters. The Labute approximate surface area is 47.9 Å². The highest BCUT2D eigenvalue weighted by molar-refractivity contribution is 5.53. The van der Waals surface area contributed by atoms with Gasteiger partial charge in [-0.25, -0.2) is 4.79 Å². The number of carbonyl (C=O) groups is 1. The Morgan fingerprint density at radius 2 is 1.75 bits per heavy atom. The SMILES string of the molecule is CCCN.O=C(O)O. The van der Waals surface area contributed by atoms with Gasteiger partial charge < -0.3 is 15.9 Å². The van der Waals surface area contributed by atoms with E-state index in [1.54, 1.807) is 0 Å². The van der Waals surface area contributed by atoms with Crippen molar-refractivity contribution in [2.45, 2.75) is 13.3 Å². The molecule has 4 heteroatoms. The van der Waals surface area contributed by atoms with E-state index >= 15 is 0 Å². The summed E-state index contributed by atoms with van der Waals surface area (Å²) in [5.41, 5.74) is 5.03. The van der Waals surface area contributed by atoms with Gasteiger partial charge in [0.05, 0.1) is 0 Å². The van der Waals surface area contributed by atoms with Crippen LogP contribution in [0, 0.1) is 0 Å². The molecule has 0 unspecified atom stereocenters. The number of nitrogens with two attached hydrogens (primary N) is 1. The number of hydrogen-bond acceptors (Lipinski definition) is 2. The van der Waals surface area contributed by atoms with Crippen LogP contribution in [0.15, 0.2) is 0 Å². The Hall–Kier alpha value is -0.770. The van der Waals surface area contributed by atoms with Crippen molar-refractivity contribution in [1.82, 2.24) is 0 Å².